The molecule has 14 nitrogen and oxygen atoms in total. The number of imidazole rings is 2. The first kappa shape index (κ1) is 26.8. The van der Waals surface area contributed by atoms with Gasteiger partial charge < -0.3 is 20.1 Å². The molecule has 14 heteroatoms. The second kappa shape index (κ2) is 9.11. The number of methoxy groups -OCH3 is 2. The molecule has 7 aromatic rings. The average molecular weight is 639 g/mol. The van der Waals surface area contributed by atoms with Crippen LogP contribution in [0.2, 0.25) is 0 Å². The standard InChI is InChI=1S/C34H26N10O4/c1-47-21-11-7-9-19(17-21)33-34(20-10-8-12-22(18-20)48-2,43-29(39-33)37-27-35-23-13-3-5-15-25(23)41(27)31(43)45)44-30(40-33)38-28-36-24-14-4-6-16-26(24)42(28)32(44)46/h3-18,29,39H,1-2H3,(H,35,37)(H,36,38,40)/t29?,33-,34+/m1/s1. The summed E-state index contributed by atoms with van der Waals surface area (Å²) < 4.78 is 16.0. The number of ether oxygens (including phenoxy) is 2. The van der Waals surface area contributed by atoms with Gasteiger partial charge in [0.05, 0.1) is 36.3 Å². The molecule has 0 saturated carbocycles. The van der Waals surface area contributed by atoms with Gasteiger partial charge in [-0.1, -0.05) is 48.5 Å². The molecule has 0 aliphatic carbocycles. The Labute approximate surface area is 271 Å². The van der Waals surface area contributed by atoms with E-state index in [9.17, 15) is 0 Å². The number of carbonyl (C=O) groups excluding carboxylic acids is 1. The summed E-state index contributed by atoms with van der Waals surface area (Å²) in [7, 11) is 3.17. The third kappa shape index (κ3) is 3.07. The highest BCUT2D eigenvalue weighted by Crippen LogP contribution is 2.57. The Morgan fingerprint density at radius 1 is 0.729 bits per heavy atom. The van der Waals surface area contributed by atoms with Crippen molar-refractivity contribution >= 4 is 45.8 Å². The van der Waals surface area contributed by atoms with Crippen molar-refractivity contribution in [1.82, 2.24) is 38.7 Å². The fourth-order valence-corrected chi connectivity index (χ4v) is 7.73. The van der Waals surface area contributed by atoms with E-state index in [1.807, 2.05) is 97.1 Å². The van der Waals surface area contributed by atoms with Crippen molar-refractivity contribution in [2.24, 2.45) is 0 Å². The van der Waals surface area contributed by atoms with Crippen molar-refractivity contribution in [2.75, 3.05) is 24.9 Å². The lowest BCUT2D eigenvalue weighted by molar-refractivity contribution is 0.0765. The van der Waals surface area contributed by atoms with Gasteiger partial charge in [0.25, 0.3) is 0 Å². The molecule has 1 fully saturated rings. The number of benzene rings is 4. The van der Waals surface area contributed by atoms with Gasteiger partial charge in [0.15, 0.2) is 17.6 Å². The highest BCUT2D eigenvalue weighted by molar-refractivity contribution is 5.95. The van der Waals surface area contributed by atoms with Crippen molar-refractivity contribution < 1.29 is 14.3 Å². The number of rotatable bonds is 4. The Bertz CT molecular complexity index is 2580. The zero-order chi connectivity index (χ0) is 32.4. The summed E-state index contributed by atoms with van der Waals surface area (Å²) in [6.07, 6.45) is -0.845. The van der Waals surface area contributed by atoms with Crippen LogP contribution in [0.1, 0.15) is 11.1 Å². The van der Waals surface area contributed by atoms with E-state index in [4.69, 9.17) is 19.4 Å². The monoisotopic (exact) mass is 638 g/mol. The Hall–Kier alpha value is -6.41. The van der Waals surface area contributed by atoms with E-state index in [2.05, 4.69) is 20.9 Å². The fourth-order valence-electron chi connectivity index (χ4n) is 7.73. The van der Waals surface area contributed by atoms with E-state index in [0.717, 1.165) is 0 Å². The molecule has 0 radical (unpaired) electrons. The smallest absolute Gasteiger partial charge is 0.340 e. The molecule has 48 heavy (non-hydrogen) atoms. The minimum Gasteiger partial charge on any atom is -0.497 e. The van der Waals surface area contributed by atoms with Gasteiger partial charge >= 0.3 is 11.7 Å². The largest absolute Gasteiger partial charge is 0.497 e. The summed E-state index contributed by atoms with van der Waals surface area (Å²) in [5.74, 6) is 1.95. The lowest BCUT2D eigenvalue weighted by Gasteiger charge is -2.45. The number of aromatic nitrogens is 6. The van der Waals surface area contributed by atoms with Gasteiger partial charge in [-0.05, 0) is 48.5 Å². The lowest BCUT2D eigenvalue weighted by Crippen LogP contribution is -2.64. The minimum atomic E-state index is -1.63. The van der Waals surface area contributed by atoms with Crippen LogP contribution in [0.3, 0.4) is 0 Å². The average Bonchev–Trinajstić information content (AvgIpc) is 3.83. The van der Waals surface area contributed by atoms with Gasteiger partial charge in [-0.15, -0.1) is 0 Å². The zero-order valence-electron chi connectivity index (χ0n) is 25.6. The van der Waals surface area contributed by atoms with Crippen molar-refractivity contribution in [3.63, 3.8) is 0 Å². The molecule has 3 aromatic heterocycles. The van der Waals surface area contributed by atoms with Gasteiger partial charge in [0.1, 0.15) is 11.5 Å². The third-order valence-electron chi connectivity index (χ3n) is 9.65. The number of anilines is 2. The maximum Gasteiger partial charge on any atom is 0.340 e. The van der Waals surface area contributed by atoms with Crippen LogP contribution < -0.4 is 31.1 Å². The summed E-state index contributed by atoms with van der Waals surface area (Å²) in [5.41, 5.74) is 0.280. The molecule has 3 aliphatic rings. The van der Waals surface area contributed by atoms with Crippen LogP contribution in [-0.2, 0) is 11.3 Å². The van der Waals surface area contributed by atoms with Crippen LogP contribution in [0.15, 0.2) is 102 Å². The van der Waals surface area contributed by atoms with Gasteiger partial charge in [-0.2, -0.15) is 4.98 Å². The fraction of sp³-hybridized carbons (Fsp3) is 0.147. The number of hydrogen-bond acceptors (Lipinski definition) is 10. The molecule has 3 N–H and O–H groups in total. The molecule has 0 spiro atoms. The van der Waals surface area contributed by atoms with Crippen molar-refractivity contribution in [2.45, 2.75) is 17.6 Å². The van der Waals surface area contributed by atoms with Crippen LogP contribution in [0.25, 0.3) is 27.8 Å². The summed E-state index contributed by atoms with van der Waals surface area (Å²) >= 11 is 0. The molecule has 3 atom stereocenters. The lowest BCUT2D eigenvalue weighted by atomic mass is 9.81. The molecule has 10 rings (SSSR count). The van der Waals surface area contributed by atoms with Crippen molar-refractivity contribution in [3.8, 4) is 11.5 Å². The molecular weight excluding hydrogens is 612 g/mol. The number of nitrogens with one attached hydrogen (secondary N) is 3. The molecule has 0 bridgehead atoms. The van der Waals surface area contributed by atoms with Crippen LogP contribution in [0.4, 0.5) is 16.7 Å². The zero-order valence-corrected chi connectivity index (χ0v) is 25.6. The minimum absolute atomic E-state index is 0.216. The molecule has 6 heterocycles. The first-order valence-electron chi connectivity index (χ1n) is 15.3. The van der Waals surface area contributed by atoms with Crippen LogP contribution in [0.5, 0.6) is 11.5 Å². The number of hydrogen-bond donors (Lipinski definition) is 3. The highest BCUT2D eigenvalue weighted by Gasteiger charge is 2.74. The van der Waals surface area contributed by atoms with E-state index < -0.39 is 29.3 Å². The van der Waals surface area contributed by atoms with Gasteiger partial charge in [-0.3, -0.25) is 4.90 Å². The summed E-state index contributed by atoms with van der Waals surface area (Å²) in [5, 5.41) is 10.7. The number of para-hydroxylation sites is 4. The first-order valence-corrected chi connectivity index (χ1v) is 15.3. The van der Waals surface area contributed by atoms with E-state index in [1.165, 1.54) is 4.40 Å². The van der Waals surface area contributed by atoms with Gasteiger partial charge in [-0.25, -0.2) is 38.4 Å². The van der Waals surface area contributed by atoms with Crippen molar-refractivity contribution in [3.05, 3.63) is 119 Å². The Kier molecular flexibility index (Phi) is 5.08. The predicted molar refractivity (Wildman–Crippen MR) is 176 cm³/mol. The Morgan fingerprint density at radius 2 is 1.40 bits per heavy atom. The highest BCUT2D eigenvalue weighted by atomic mass is 16.5. The number of amides is 1. The second-order valence-corrected chi connectivity index (χ2v) is 11.9. The number of fused-ring (bicyclic) bond motifs is 11. The van der Waals surface area contributed by atoms with Crippen LogP contribution >= 0.6 is 0 Å². The van der Waals surface area contributed by atoms with Crippen LogP contribution in [0, 0.1) is 0 Å². The number of nitrogens with zero attached hydrogens (tertiary/aromatic N) is 7. The van der Waals surface area contributed by atoms with Crippen molar-refractivity contribution in [1.29, 1.82) is 0 Å². The normalized spacial score (nSPS) is 22.2. The van der Waals surface area contributed by atoms with E-state index in [0.29, 0.717) is 50.6 Å². The number of carbonyl (C=O) groups is 1. The van der Waals surface area contributed by atoms with E-state index in [1.54, 1.807) is 28.3 Å². The Morgan fingerprint density at radius 3 is 2.15 bits per heavy atom. The molecule has 1 unspecified atom stereocenters. The van der Waals surface area contributed by atoms with E-state index >= 15 is 9.59 Å². The maximum atomic E-state index is 15.2. The molecule has 1 saturated heterocycles. The SMILES string of the molecule is COc1cccc([C@@]23Nc4nc5nc6ccccc6n5c(=O)n4[C@]2(c2cccc(OC)c2)N2C(=O)n4c(nc5ccccc54)NC2N3)c1. The third-order valence-corrected chi connectivity index (χ3v) is 9.65. The second-order valence-electron chi connectivity index (χ2n) is 11.9. The van der Waals surface area contributed by atoms with Gasteiger partial charge in [0.2, 0.25) is 17.7 Å². The summed E-state index contributed by atoms with van der Waals surface area (Å²) in [6.45, 7) is 0. The quantitative estimate of drug-likeness (QED) is 0.261. The van der Waals surface area contributed by atoms with Gasteiger partial charge in [0, 0.05) is 11.1 Å². The Balaban J connectivity index is 1.37. The predicted octanol–water partition coefficient (Wildman–Crippen LogP) is 3.67. The molecule has 1 amide bonds. The molecule has 236 valence electrons. The molecule has 3 aliphatic heterocycles. The van der Waals surface area contributed by atoms with Crippen LogP contribution in [-0.4, -0.2) is 59.9 Å². The first-order chi connectivity index (χ1) is 23.5. The summed E-state index contributed by atoms with van der Waals surface area (Å²) in [4.78, 5) is 46.4. The molecule has 4 aromatic carbocycles. The maximum absolute atomic E-state index is 15.2. The summed E-state index contributed by atoms with van der Waals surface area (Å²) in [6, 6.07) is 29.3. The molecular formula is C34H26N10O4. The topological polar surface area (TPSA) is 145 Å². The van der Waals surface area contributed by atoms with E-state index in [-0.39, 0.29) is 11.7 Å².